The molecule has 0 aliphatic carbocycles. The van der Waals surface area contributed by atoms with Crippen LogP contribution in [0.3, 0.4) is 0 Å². The van der Waals surface area contributed by atoms with Crippen LogP contribution in [-0.2, 0) is 17.8 Å². The maximum atomic E-state index is 12.2. The van der Waals surface area contributed by atoms with E-state index >= 15 is 0 Å². The molecule has 26 heavy (non-hydrogen) atoms. The second kappa shape index (κ2) is 7.51. The Kier molecular flexibility index (Phi) is 5.11. The normalized spacial score (nSPS) is 24.5. The van der Waals surface area contributed by atoms with E-state index < -0.39 is 0 Å². The summed E-state index contributed by atoms with van der Waals surface area (Å²) in [6, 6.07) is 0.0507. The van der Waals surface area contributed by atoms with Crippen LogP contribution in [0.1, 0.15) is 68.6 Å². The molecule has 142 valence electrons. The van der Waals surface area contributed by atoms with E-state index in [0.29, 0.717) is 0 Å². The Morgan fingerprint density at radius 1 is 1.00 bits per heavy atom. The largest absolute Gasteiger partial charge is 0.356 e. The highest BCUT2D eigenvalue weighted by atomic mass is 16.2. The first-order valence-corrected chi connectivity index (χ1v) is 10.2. The molecule has 1 aromatic rings. The molecule has 2 saturated heterocycles. The Balaban J connectivity index is 1.74. The molecule has 4 heterocycles. The second-order valence-electron chi connectivity index (χ2n) is 8.09. The number of amides is 1. The van der Waals surface area contributed by atoms with Gasteiger partial charge in [0.25, 0.3) is 0 Å². The number of piperidine rings is 2. The molecule has 1 amide bonds. The fourth-order valence-electron chi connectivity index (χ4n) is 4.64. The van der Waals surface area contributed by atoms with Gasteiger partial charge in [-0.15, -0.1) is 0 Å². The molecular weight excluding hydrogens is 326 g/mol. The zero-order chi connectivity index (χ0) is 18.1. The highest BCUT2D eigenvalue weighted by Crippen LogP contribution is 2.34. The van der Waals surface area contributed by atoms with Crippen LogP contribution in [0.25, 0.3) is 0 Å². The van der Waals surface area contributed by atoms with E-state index in [0.717, 1.165) is 70.0 Å². The Morgan fingerprint density at radius 2 is 1.77 bits per heavy atom. The lowest BCUT2D eigenvalue weighted by Gasteiger charge is -2.37. The van der Waals surface area contributed by atoms with E-state index in [4.69, 9.17) is 9.97 Å². The number of carbonyl (C=O) groups is 1. The maximum absolute atomic E-state index is 12.2. The van der Waals surface area contributed by atoms with Crippen LogP contribution >= 0.6 is 0 Å². The lowest BCUT2D eigenvalue weighted by atomic mass is 9.99. The van der Waals surface area contributed by atoms with Gasteiger partial charge in [-0.25, -0.2) is 9.97 Å². The van der Waals surface area contributed by atoms with Crippen LogP contribution in [0.5, 0.6) is 0 Å². The number of hydrogen-bond acceptors (Lipinski definition) is 5. The van der Waals surface area contributed by atoms with Gasteiger partial charge in [-0.3, -0.25) is 4.79 Å². The molecule has 3 aliphatic heterocycles. The predicted octanol–water partition coefficient (Wildman–Crippen LogP) is 2.53. The van der Waals surface area contributed by atoms with Gasteiger partial charge in [0.15, 0.2) is 5.82 Å². The fraction of sp³-hybridized carbons (Fsp3) is 0.750. The van der Waals surface area contributed by atoms with Gasteiger partial charge in [-0.05, 0) is 45.6 Å². The van der Waals surface area contributed by atoms with E-state index in [1.807, 2.05) is 4.90 Å². The molecule has 0 unspecified atom stereocenters. The topological polar surface area (TPSA) is 52.6 Å². The summed E-state index contributed by atoms with van der Waals surface area (Å²) in [5.74, 6) is 2.17. The van der Waals surface area contributed by atoms with Crippen LogP contribution in [0.2, 0.25) is 0 Å². The summed E-state index contributed by atoms with van der Waals surface area (Å²) in [5, 5.41) is 0. The molecule has 0 aromatic carbocycles. The van der Waals surface area contributed by atoms with Gasteiger partial charge in [0.2, 0.25) is 5.91 Å². The predicted molar refractivity (Wildman–Crippen MR) is 102 cm³/mol. The molecule has 1 atom stereocenters. The molecule has 6 nitrogen and oxygen atoms in total. The lowest BCUT2D eigenvalue weighted by Crippen LogP contribution is -2.40. The van der Waals surface area contributed by atoms with Crippen LogP contribution in [0.15, 0.2) is 0 Å². The number of fused-ring (bicyclic) bond motifs is 1. The van der Waals surface area contributed by atoms with Crippen molar-refractivity contribution in [3.05, 3.63) is 17.1 Å². The maximum Gasteiger partial charge on any atom is 0.220 e. The van der Waals surface area contributed by atoms with Crippen molar-refractivity contribution in [2.45, 2.75) is 64.5 Å². The standard InChI is InChI=1S/C20H31N5O/c1-15(26)25-12-7-4-8-18(25)19-21-17-9-13-23(2)14-16(17)20(22-19)24-10-5-3-6-11-24/h18H,3-14H2,1-2H3/t18-/m0/s1. The number of carbonyl (C=O) groups excluding carboxylic acids is 1. The monoisotopic (exact) mass is 357 g/mol. The smallest absolute Gasteiger partial charge is 0.220 e. The highest BCUT2D eigenvalue weighted by molar-refractivity contribution is 5.73. The number of likely N-dealkylation sites (N-methyl/N-ethyl adjacent to an activating group) is 1. The second-order valence-corrected chi connectivity index (χ2v) is 8.09. The summed E-state index contributed by atoms with van der Waals surface area (Å²) < 4.78 is 0. The minimum Gasteiger partial charge on any atom is -0.356 e. The minimum atomic E-state index is 0.0507. The molecule has 4 rings (SSSR count). The number of hydrogen-bond donors (Lipinski definition) is 0. The molecule has 3 aliphatic rings. The van der Waals surface area contributed by atoms with Gasteiger partial charge < -0.3 is 14.7 Å². The SMILES string of the molecule is CC(=O)N1CCCC[C@H]1c1nc2c(c(N3CCCCC3)n1)CN(C)CC2. The lowest BCUT2D eigenvalue weighted by molar-refractivity contribution is -0.132. The van der Waals surface area contributed by atoms with E-state index in [-0.39, 0.29) is 11.9 Å². The first-order chi connectivity index (χ1) is 12.6. The average Bonchev–Trinajstić information content (AvgIpc) is 2.68. The Bertz CT molecular complexity index is 670. The van der Waals surface area contributed by atoms with Crippen LogP contribution in [0.4, 0.5) is 5.82 Å². The van der Waals surface area contributed by atoms with Gasteiger partial charge >= 0.3 is 0 Å². The molecule has 6 heteroatoms. The molecular formula is C20H31N5O. The van der Waals surface area contributed by atoms with Gasteiger partial charge in [-0.2, -0.15) is 0 Å². The summed E-state index contributed by atoms with van der Waals surface area (Å²) in [4.78, 5) is 29.1. The molecule has 2 fully saturated rings. The Hall–Kier alpha value is -1.69. The molecule has 0 spiro atoms. The number of likely N-dealkylation sites (tertiary alicyclic amines) is 1. The average molecular weight is 358 g/mol. The highest BCUT2D eigenvalue weighted by Gasteiger charge is 2.31. The van der Waals surface area contributed by atoms with Crippen molar-refractivity contribution in [2.75, 3.05) is 38.1 Å². The number of nitrogens with zero attached hydrogens (tertiary/aromatic N) is 5. The first kappa shape index (κ1) is 17.7. The number of aromatic nitrogens is 2. The van der Waals surface area contributed by atoms with Crippen LogP contribution in [0, 0.1) is 0 Å². The third-order valence-corrected chi connectivity index (χ3v) is 6.11. The van der Waals surface area contributed by atoms with Gasteiger partial charge in [0.1, 0.15) is 5.82 Å². The van der Waals surface area contributed by atoms with Crippen molar-refractivity contribution < 1.29 is 4.79 Å². The van der Waals surface area contributed by atoms with E-state index in [9.17, 15) is 4.79 Å². The molecule has 0 bridgehead atoms. The summed E-state index contributed by atoms with van der Waals surface area (Å²) in [7, 11) is 2.18. The third kappa shape index (κ3) is 3.43. The quantitative estimate of drug-likeness (QED) is 0.814. The van der Waals surface area contributed by atoms with E-state index in [2.05, 4.69) is 16.8 Å². The Labute approximate surface area is 156 Å². The van der Waals surface area contributed by atoms with Crippen molar-refractivity contribution in [1.29, 1.82) is 0 Å². The van der Waals surface area contributed by atoms with Crippen LogP contribution < -0.4 is 4.90 Å². The van der Waals surface area contributed by atoms with Crippen molar-refractivity contribution in [2.24, 2.45) is 0 Å². The van der Waals surface area contributed by atoms with Crippen molar-refractivity contribution in [1.82, 2.24) is 19.8 Å². The van der Waals surface area contributed by atoms with E-state index in [1.54, 1.807) is 6.92 Å². The fourth-order valence-corrected chi connectivity index (χ4v) is 4.64. The zero-order valence-corrected chi connectivity index (χ0v) is 16.2. The van der Waals surface area contributed by atoms with E-state index in [1.165, 1.54) is 30.5 Å². The van der Waals surface area contributed by atoms with Gasteiger partial charge in [0, 0.05) is 51.6 Å². The Morgan fingerprint density at radius 3 is 2.54 bits per heavy atom. The number of rotatable bonds is 2. The summed E-state index contributed by atoms with van der Waals surface area (Å²) in [6.45, 7) is 6.67. The molecule has 0 radical (unpaired) electrons. The van der Waals surface area contributed by atoms with Crippen molar-refractivity contribution >= 4 is 11.7 Å². The van der Waals surface area contributed by atoms with Gasteiger partial charge in [-0.1, -0.05) is 0 Å². The summed E-state index contributed by atoms with van der Waals surface area (Å²) >= 11 is 0. The zero-order valence-electron chi connectivity index (χ0n) is 16.2. The van der Waals surface area contributed by atoms with Crippen molar-refractivity contribution in [3.8, 4) is 0 Å². The number of anilines is 1. The molecule has 1 aromatic heterocycles. The third-order valence-electron chi connectivity index (χ3n) is 6.11. The summed E-state index contributed by atoms with van der Waals surface area (Å²) in [5.41, 5.74) is 2.53. The molecule has 0 saturated carbocycles. The van der Waals surface area contributed by atoms with Crippen LogP contribution in [-0.4, -0.2) is 58.9 Å². The van der Waals surface area contributed by atoms with Crippen molar-refractivity contribution in [3.63, 3.8) is 0 Å². The first-order valence-electron chi connectivity index (χ1n) is 10.2. The van der Waals surface area contributed by atoms with Gasteiger partial charge in [0.05, 0.1) is 11.7 Å². The summed E-state index contributed by atoms with van der Waals surface area (Å²) in [6.07, 6.45) is 8.01. The molecule has 0 N–H and O–H groups in total. The minimum absolute atomic E-state index is 0.0507.